The summed E-state index contributed by atoms with van der Waals surface area (Å²) in [7, 11) is 0. The molecule has 106 valence electrons. The SMILES string of the molecule is CCOC(=O)c1ccc(OC(C)C(F)(F)F)c(N)c1. The second-order valence-corrected chi connectivity index (χ2v) is 3.77. The van der Waals surface area contributed by atoms with Crippen molar-refractivity contribution in [2.75, 3.05) is 12.3 Å². The molecule has 1 rings (SSSR count). The number of carbonyl (C=O) groups is 1. The van der Waals surface area contributed by atoms with Crippen LogP contribution in [0.5, 0.6) is 5.75 Å². The number of ether oxygens (including phenoxy) is 2. The van der Waals surface area contributed by atoms with Gasteiger partial charge in [0.1, 0.15) is 5.75 Å². The van der Waals surface area contributed by atoms with Crippen molar-refractivity contribution in [2.45, 2.75) is 26.1 Å². The fraction of sp³-hybridized carbons (Fsp3) is 0.417. The van der Waals surface area contributed by atoms with E-state index in [1.807, 2.05) is 0 Å². The van der Waals surface area contributed by atoms with Gasteiger partial charge in [0.25, 0.3) is 0 Å². The maximum atomic E-state index is 12.3. The van der Waals surface area contributed by atoms with Crippen molar-refractivity contribution < 1.29 is 27.4 Å². The lowest BCUT2D eigenvalue weighted by Crippen LogP contribution is -2.31. The van der Waals surface area contributed by atoms with E-state index in [1.54, 1.807) is 6.92 Å². The van der Waals surface area contributed by atoms with Crippen LogP contribution in [0.3, 0.4) is 0 Å². The summed E-state index contributed by atoms with van der Waals surface area (Å²) in [6, 6.07) is 3.73. The second kappa shape index (κ2) is 5.81. The molecule has 7 heteroatoms. The minimum Gasteiger partial charge on any atom is -0.479 e. The Bertz CT molecular complexity index is 460. The Morgan fingerprint density at radius 2 is 2.05 bits per heavy atom. The molecule has 0 aromatic heterocycles. The number of nitrogen functional groups attached to an aromatic ring is 1. The first kappa shape index (κ1) is 15.1. The van der Waals surface area contributed by atoms with Gasteiger partial charge in [0.15, 0.2) is 6.10 Å². The topological polar surface area (TPSA) is 61.5 Å². The van der Waals surface area contributed by atoms with E-state index in [-0.39, 0.29) is 23.6 Å². The Kier molecular flexibility index (Phi) is 4.63. The van der Waals surface area contributed by atoms with Crippen LogP contribution in [-0.4, -0.2) is 24.9 Å². The fourth-order valence-corrected chi connectivity index (χ4v) is 1.25. The standard InChI is InChI=1S/C12H14F3NO3/c1-3-18-11(17)8-4-5-10(9(16)6-8)19-7(2)12(13,14)15/h4-7H,3,16H2,1-2H3. The average molecular weight is 277 g/mol. The molecule has 0 saturated carbocycles. The maximum Gasteiger partial charge on any atom is 0.425 e. The molecular weight excluding hydrogens is 263 g/mol. The summed E-state index contributed by atoms with van der Waals surface area (Å²) in [5.41, 5.74) is 5.65. The monoisotopic (exact) mass is 277 g/mol. The van der Waals surface area contributed by atoms with E-state index in [0.29, 0.717) is 0 Å². The number of carbonyl (C=O) groups excluding carboxylic acids is 1. The molecule has 1 aromatic carbocycles. The van der Waals surface area contributed by atoms with E-state index >= 15 is 0 Å². The molecule has 0 heterocycles. The van der Waals surface area contributed by atoms with Gasteiger partial charge in [-0.25, -0.2) is 4.79 Å². The Morgan fingerprint density at radius 1 is 1.42 bits per heavy atom. The number of rotatable bonds is 4. The number of anilines is 1. The summed E-state index contributed by atoms with van der Waals surface area (Å²) in [5.74, 6) is -0.720. The molecule has 1 unspecified atom stereocenters. The van der Waals surface area contributed by atoms with E-state index in [0.717, 1.165) is 6.92 Å². The van der Waals surface area contributed by atoms with Gasteiger partial charge in [0.05, 0.1) is 17.9 Å². The number of halogens is 3. The zero-order chi connectivity index (χ0) is 14.6. The van der Waals surface area contributed by atoms with Gasteiger partial charge in [0, 0.05) is 0 Å². The Balaban J connectivity index is 2.86. The molecular formula is C12H14F3NO3. The summed E-state index contributed by atoms with van der Waals surface area (Å²) >= 11 is 0. The molecule has 0 aliphatic rings. The van der Waals surface area contributed by atoms with E-state index in [9.17, 15) is 18.0 Å². The molecule has 1 aromatic rings. The Morgan fingerprint density at radius 3 is 2.53 bits per heavy atom. The first-order chi connectivity index (χ1) is 8.75. The highest BCUT2D eigenvalue weighted by atomic mass is 19.4. The van der Waals surface area contributed by atoms with Crippen molar-refractivity contribution >= 4 is 11.7 Å². The summed E-state index contributed by atoms with van der Waals surface area (Å²) < 4.78 is 46.4. The molecule has 0 aliphatic heterocycles. The van der Waals surface area contributed by atoms with Crippen LogP contribution in [0.2, 0.25) is 0 Å². The Labute approximate surface area is 108 Å². The molecule has 0 fully saturated rings. The summed E-state index contributed by atoms with van der Waals surface area (Å²) in [5, 5.41) is 0. The molecule has 1 atom stereocenters. The van der Waals surface area contributed by atoms with Crippen LogP contribution in [0.4, 0.5) is 18.9 Å². The van der Waals surface area contributed by atoms with Crippen LogP contribution in [0, 0.1) is 0 Å². The van der Waals surface area contributed by atoms with Gasteiger partial charge in [0.2, 0.25) is 0 Å². The highest BCUT2D eigenvalue weighted by Crippen LogP contribution is 2.29. The van der Waals surface area contributed by atoms with Crippen LogP contribution in [-0.2, 0) is 4.74 Å². The summed E-state index contributed by atoms with van der Waals surface area (Å²) in [4.78, 5) is 11.4. The van der Waals surface area contributed by atoms with Gasteiger partial charge in [-0.3, -0.25) is 0 Å². The van der Waals surface area contributed by atoms with E-state index < -0.39 is 18.2 Å². The van der Waals surface area contributed by atoms with Crippen molar-refractivity contribution in [3.8, 4) is 5.75 Å². The quantitative estimate of drug-likeness (QED) is 0.679. The van der Waals surface area contributed by atoms with Crippen LogP contribution in [0.25, 0.3) is 0 Å². The lowest BCUT2D eigenvalue weighted by molar-refractivity contribution is -0.189. The van der Waals surface area contributed by atoms with Crippen molar-refractivity contribution in [1.82, 2.24) is 0 Å². The van der Waals surface area contributed by atoms with Crippen LogP contribution in [0.1, 0.15) is 24.2 Å². The zero-order valence-electron chi connectivity index (χ0n) is 10.5. The Hall–Kier alpha value is -1.92. The third kappa shape index (κ3) is 4.04. The number of esters is 1. The fourth-order valence-electron chi connectivity index (χ4n) is 1.25. The van der Waals surface area contributed by atoms with Crippen LogP contribution < -0.4 is 10.5 Å². The van der Waals surface area contributed by atoms with Gasteiger partial charge in [-0.2, -0.15) is 13.2 Å². The first-order valence-corrected chi connectivity index (χ1v) is 5.55. The van der Waals surface area contributed by atoms with E-state index in [2.05, 4.69) is 0 Å². The van der Waals surface area contributed by atoms with Crippen molar-refractivity contribution in [3.05, 3.63) is 23.8 Å². The molecule has 0 aliphatic carbocycles. The minimum absolute atomic E-state index is 0.0540. The van der Waals surface area contributed by atoms with E-state index in [1.165, 1.54) is 18.2 Å². The lowest BCUT2D eigenvalue weighted by Gasteiger charge is -2.18. The van der Waals surface area contributed by atoms with Crippen molar-refractivity contribution in [1.29, 1.82) is 0 Å². The number of benzene rings is 1. The number of hydrogen-bond donors (Lipinski definition) is 1. The third-order valence-corrected chi connectivity index (χ3v) is 2.29. The predicted octanol–water partition coefficient (Wildman–Crippen LogP) is 2.78. The van der Waals surface area contributed by atoms with Crippen LogP contribution >= 0.6 is 0 Å². The minimum atomic E-state index is -4.48. The van der Waals surface area contributed by atoms with Gasteiger partial charge in [-0.15, -0.1) is 0 Å². The molecule has 0 spiro atoms. The highest BCUT2D eigenvalue weighted by Gasteiger charge is 2.38. The zero-order valence-corrected chi connectivity index (χ0v) is 10.5. The smallest absolute Gasteiger partial charge is 0.425 e. The normalized spacial score (nSPS) is 12.9. The predicted molar refractivity (Wildman–Crippen MR) is 63.0 cm³/mol. The van der Waals surface area contributed by atoms with Gasteiger partial charge in [-0.05, 0) is 32.0 Å². The molecule has 2 N–H and O–H groups in total. The van der Waals surface area contributed by atoms with Gasteiger partial charge >= 0.3 is 12.1 Å². The summed E-state index contributed by atoms with van der Waals surface area (Å²) in [6.45, 7) is 2.71. The van der Waals surface area contributed by atoms with Crippen molar-refractivity contribution in [2.24, 2.45) is 0 Å². The molecule has 4 nitrogen and oxygen atoms in total. The van der Waals surface area contributed by atoms with Gasteiger partial charge in [-0.1, -0.05) is 0 Å². The lowest BCUT2D eigenvalue weighted by atomic mass is 10.2. The van der Waals surface area contributed by atoms with Gasteiger partial charge < -0.3 is 15.2 Å². The van der Waals surface area contributed by atoms with E-state index in [4.69, 9.17) is 15.2 Å². The van der Waals surface area contributed by atoms with Crippen LogP contribution in [0.15, 0.2) is 18.2 Å². The molecule has 0 saturated heterocycles. The molecule has 0 amide bonds. The number of hydrogen-bond acceptors (Lipinski definition) is 4. The third-order valence-electron chi connectivity index (χ3n) is 2.29. The average Bonchev–Trinajstić information content (AvgIpc) is 2.30. The maximum absolute atomic E-state index is 12.3. The second-order valence-electron chi connectivity index (χ2n) is 3.77. The molecule has 19 heavy (non-hydrogen) atoms. The highest BCUT2D eigenvalue weighted by molar-refractivity contribution is 5.91. The molecule has 0 radical (unpaired) electrons. The van der Waals surface area contributed by atoms with Crippen molar-refractivity contribution in [3.63, 3.8) is 0 Å². The first-order valence-electron chi connectivity index (χ1n) is 5.55. The molecule has 0 bridgehead atoms. The number of alkyl halides is 3. The number of nitrogens with two attached hydrogens (primary N) is 1. The largest absolute Gasteiger partial charge is 0.479 e. The summed E-state index contributed by atoms with van der Waals surface area (Å²) in [6.07, 6.45) is -6.46.